The number of anilines is 2. The zero-order valence-corrected chi connectivity index (χ0v) is 9.18. The summed E-state index contributed by atoms with van der Waals surface area (Å²) in [7, 11) is 0. The van der Waals surface area contributed by atoms with Gasteiger partial charge in [-0.05, 0) is 12.1 Å². The molecule has 0 saturated heterocycles. The Balaban J connectivity index is 1.95. The lowest BCUT2D eigenvalue weighted by molar-refractivity contribution is 0.950. The highest BCUT2D eigenvalue weighted by atomic mass is 16.1. The van der Waals surface area contributed by atoms with E-state index in [0.717, 1.165) is 12.1 Å². The van der Waals surface area contributed by atoms with Crippen molar-refractivity contribution in [2.45, 2.75) is 6.42 Å². The van der Waals surface area contributed by atoms with E-state index in [0.29, 0.717) is 12.4 Å². The predicted molar refractivity (Wildman–Crippen MR) is 65.7 cm³/mol. The quantitative estimate of drug-likeness (QED) is 0.707. The Morgan fingerprint density at radius 1 is 1.35 bits per heavy atom. The number of aromatic amines is 1. The Morgan fingerprint density at radius 2 is 2.24 bits per heavy atom. The van der Waals surface area contributed by atoms with Crippen LogP contribution < -0.4 is 16.6 Å². The number of nitrogens with two attached hydrogens (primary N) is 1. The molecule has 2 heterocycles. The number of pyridine rings is 1. The fourth-order valence-electron chi connectivity index (χ4n) is 1.41. The number of nitrogens with zero attached hydrogens (tertiary/aromatic N) is 2. The summed E-state index contributed by atoms with van der Waals surface area (Å²) in [5.41, 5.74) is 6.33. The van der Waals surface area contributed by atoms with Crippen molar-refractivity contribution in [3.63, 3.8) is 0 Å². The molecule has 2 aromatic heterocycles. The first-order valence-corrected chi connectivity index (χ1v) is 5.24. The van der Waals surface area contributed by atoms with Crippen LogP contribution in [0.25, 0.3) is 0 Å². The molecule has 0 radical (unpaired) electrons. The van der Waals surface area contributed by atoms with Gasteiger partial charge in [0.15, 0.2) is 5.82 Å². The number of rotatable bonds is 4. The number of nitrogens with one attached hydrogen (secondary N) is 2. The van der Waals surface area contributed by atoms with Crippen LogP contribution in [0.15, 0.2) is 35.5 Å². The van der Waals surface area contributed by atoms with Crippen LogP contribution in [0.3, 0.4) is 0 Å². The minimum atomic E-state index is -0.333. The molecule has 88 valence electrons. The van der Waals surface area contributed by atoms with Gasteiger partial charge >= 0.3 is 0 Å². The van der Waals surface area contributed by atoms with Crippen molar-refractivity contribution in [2.24, 2.45) is 0 Å². The first-order chi connectivity index (χ1) is 8.27. The van der Waals surface area contributed by atoms with E-state index in [-0.39, 0.29) is 11.2 Å². The summed E-state index contributed by atoms with van der Waals surface area (Å²) in [6.45, 7) is 0.623. The molecule has 0 aliphatic rings. The van der Waals surface area contributed by atoms with E-state index in [4.69, 9.17) is 5.73 Å². The van der Waals surface area contributed by atoms with Gasteiger partial charge in [-0.15, -0.1) is 0 Å². The van der Waals surface area contributed by atoms with E-state index in [1.165, 1.54) is 6.33 Å². The monoisotopic (exact) mass is 231 g/mol. The van der Waals surface area contributed by atoms with Crippen molar-refractivity contribution in [3.8, 4) is 0 Å². The van der Waals surface area contributed by atoms with Gasteiger partial charge in [0.25, 0.3) is 5.56 Å². The fraction of sp³-hybridized carbons (Fsp3) is 0.182. The zero-order chi connectivity index (χ0) is 12.1. The van der Waals surface area contributed by atoms with E-state index in [1.54, 1.807) is 6.20 Å². The molecule has 0 aliphatic heterocycles. The minimum absolute atomic E-state index is 0.105. The highest BCUT2D eigenvalue weighted by Gasteiger charge is 2.03. The lowest BCUT2D eigenvalue weighted by Gasteiger charge is -2.06. The van der Waals surface area contributed by atoms with Gasteiger partial charge in [0.1, 0.15) is 5.69 Å². The lowest BCUT2D eigenvalue weighted by atomic mass is 10.3. The van der Waals surface area contributed by atoms with Crippen LogP contribution in [0, 0.1) is 0 Å². The second-order valence-corrected chi connectivity index (χ2v) is 3.49. The summed E-state index contributed by atoms with van der Waals surface area (Å²) < 4.78 is 0. The predicted octanol–water partition coefficient (Wildman–Crippen LogP) is 0.402. The average molecular weight is 231 g/mol. The van der Waals surface area contributed by atoms with Crippen LogP contribution in [0.4, 0.5) is 11.5 Å². The molecule has 0 amide bonds. The van der Waals surface area contributed by atoms with Gasteiger partial charge in [0, 0.05) is 24.9 Å². The molecule has 6 heteroatoms. The molecular weight excluding hydrogens is 218 g/mol. The Bertz CT molecular complexity index is 537. The van der Waals surface area contributed by atoms with Crippen molar-refractivity contribution >= 4 is 11.5 Å². The maximum atomic E-state index is 11.2. The molecule has 0 saturated carbocycles. The van der Waals surface area contributed by atoms with E-state index in [2.05, 4.69) is 20.3 Å². The Kier molecular flexibility index (Phi) is 3.34. The molecule has 2 rings (SSSR count). The molecule has 0 atom stereocenters. The largest absolute Gasteiger partial charge is 0.391 e. The molecule has 0 aliphatic carbocycles. The zero-order valence-electron chi connectivity index (χ0n) is 9.18. The molecular formula is C11H13N5O. The van der Waals surface area contributed by atoms with E-state index in [9.17, 15) is 4.79 Å². The summed E-state index contributed by atoms with van der Waals surface area (Å²) in [5.74, 6) is 0.407. The topological polar surface area (TPSA) is 96.7 Å². The van der Waals surface area contributed by atoms with Gasteiger partial charge in [-0.25, -0.2) is 4.98 Å². The molecule has 0 fully saturated rings. The number of nitrogen functional groups attached to an aromatic ring is 1. The van der Waals surface area contributed by atoms with Gasteiger partial charge in [-0.3, -0.25) is 9.78 Å². The lowest BCUT2D eigenvalue weighted by Crippen LogP contribution is -2.17. The summed E-state index contributed by atoms with van der Waals surface area (Å²) in [6.07, 6.45) is 3.81. The average Bonchev–Trinajstić information content (AvgIpc) is 2.36. The Labute approximate surface area is 97.9 Å². The summed E-state index contributed by atoms with van der Waals surface area (Å²) in [4.78, 5) is 21.8. The van der Waals surface area contributed by atoms with Gasteiger partial charge in [0.2, 0.25) is 0 Å². The third-order valence-electron chi connectivity index (χ3n) is 2.29. The Morgan fingerprint density at radius 3 is 3.00 bits per heavy atom. The van der Waals surface area contributed by atoms with Crippen LogP contribution in [0.5, 0.6) is 0 Å². The second kappa shape index (κ2) is 5.11. The maximum absolute atomic E-state index is 11.2. The first kappa shape index (κ1) is 11.1. The van der Waals surface area contributed by atoms with Gasteiger partial charge in [0.05, 0.1) is 6.33 Å². The smallest absolute Gasteiger partial charge is 0.276 e. The van der Waals surface area contributed by atoms with Gasteiger partial charge in [-0.1, -0.05) is 6.07 Å². The van der Waals surface area contributed by atoms with Gasteiger partial charge in [-0.2, -0.15) is 0 Å². The van der Waals surface area contributed by atoms with Crippen molar-refractivity contribution in [1.82, 2.24) is 15.0 Å². The standard InChI is InChI=1S/C11H13N5O/c12-9-10(15-7-16-11(9)17)14-6-4-8-3-1-2-5-13-8/h1-3,5,7H,4,6,12H2,(H2,14,15,16,17). The van der Waals surface area contributed by atoms with Gasteiger partial charge < -0.3 is 16.0 Å². The molecule has 0 unspecified atom stereocenters. The number of H-pyrrole nitrogens is 1. The van der Waals surface area contributed by atoms with E-state index in [1.807, 2.05) is 18.2 Å². The van der Waals surface area contributed by atoms with Crippen LogP contribution >= 0.6 is 0 Å². The summed E-state index contributed by atoms with van der Waals surface area (Å²) in [6, 6.07) is 5.74. The highest BCUT2D eigenvalue weighted by Crippen LogP contribution is 2.06. The molecule has 4 N–H and O–H groups in total. The van der Waals surface area contributed by atoms with Crippen molar-refractivity contribution in [2.75, 3.05) is 17.6 Å². The van der Waals surface area contributed by atoms with Crippen LogP contribution in [-0.4, -0.2) is 21.5 Å². The second-order valence-electron chi connectivity index (χ2n) is 3.49. The number of hydrogen-bond acceptors (Lipinski definition) is 5. The number of aromatic nitrogens is 3. The van der Waals surface area contributed by atoms with E-state index < -0.39 is 0 Å². The summed E-state index contributed by atoms with van der Waals surface area (Å²) in [5, 5.41) is 3.01. The van der Waals surface area contributed by atoms with Crippen LogP contribution in [-0.2, 0) is 6.42 Å². The third kappa shape index (κ3) is 2.81. The van der Waals surface area contributed by atoms with E-state index >= 15 is 0 Å². The van der Waals surface area contributed by atoms with Crippen molar-refractivity contribution in [3.05, 3.63) is 46.8 Å². The van der Waals surface area contributed by atoms with Crippen molar-refractivity contribution in [1.29, 1.82) is 0 Å². The molecule has 0 spiro atoms. The fourth-order valence-corrected chi connectivity index (χ4v) is 1.41. The first-order valence-electron chi connectivity index (χ1n) is 5.24. The Hall–Kier alpha value is -2.37. The number of hydrogen-bond donors (Lipinski definition) is 3. The highest BCUT2D eigenvalue weighted by molar-refractivity contribution is 5.58. The van der Waals surface area contributed by atoms with Crippen LogP contribution in [0.2, 0.25) is 0 Å². The SMILES string of the molecule is Nc1c(NCCc2ccccn2)nc[nH]c1=O. The molecule has 0 bridgehead atoms. The third-order valence-corrected chi connectivity index (χ3v) is 2.29. The van der Waals surface area contributed by atoms with Crippen molar-refractivity contribution < 1.29 is 0 Å². The maximum Gasteiger partial charge on any atom is 0.276 e. The minimum Gasteiger partial charge on any atom is -0.391 e. The molecule has 6 nitrogen and oxygen atoms in total. The molecule has 17 heavy (non-hydrogen) atoms. The molecule has 0 aromatic carbocycles. The molecule has 2 aromatic rings. The normalized spacial score (nSPS) is 10.1. The summed E-state index contributed by atoms with van der Waals surface area (Å²) >= 11 is 0. The van der Waals surface area contributed by atoms with Crippen LogP contribution in [0.1, 0.15) is 5.69 Å².